The molecule has 2 N–H and O–H groups in total. The van der Waals surface area contributed by atoms with Crippen LogP contribution in [0.4, 0.5) is 5.69 Å². The van der Waals surface area contributed by atoms with Gasteiger partial charge in [-0.15, -0.1) is 12.4 Å². The van der Waals surface area contributed by atoms with Crippen LogP contribution in [0.15, 0.2) is 42.5 Å². The Labute approximate surface area is 170 Å². The SMILES string of the molecule is Cc1ccc(N)cc1C(=O)N1CCCN(C(=O)c2ccc(Cl)cc2)CC1.Cl. The second-order valence-corrected chi connectivity index (χ2v) is 6.96. The molecule has 2 aromatic rings. The van der Waals surface area contributed by atoms with Gasteiger partial charge in [0.1, 0.15) is 0 Å². The van der Waals surface area contributed by atoms with Gasteiger partial charge in [0, 0.05) is 48.0 Å². The van der Waals surface area contributed by atoms with Crippen molar-refractivity contribution in [3.8, 4) is 0 Å². The molecule has 1 aliphatic heterocycles. The van der Waals surface area contributed by atoms with Crippen LogP contribution in [0, 0.1) is 6.92 Å². The fourth-order valence-electron chi connectivity index (χ4n) is 3.14. The first-order chi connectivity index (χ1) is 12.5. The summed E-state index contributed by atoms with van der Waals surface area (Å²) in [6, 6.07) is 12.3. The predicted molar refractivity (Wildman–Crippen MR) is 111 cm³/mol. The van der Waals surface area contributed by atoms with E-state index >= 15 is 0 Å². The molecule has 2 aromatic carbocycles. The Morgan fingerprint density at radius 1 is 0.926 bits per heavy atom. The predicted octanol–water partition coefficient (Wildman–Crippen LogP) is 3.64. The molecule has 144 valence electrons. The normalized spacial score (nSPS) is 14.3. The molecule has 27 heavy (non-hydrogen) atoms. The van der Waals surface area contributed by atoms with Crippen LogP contribution < -0.4 is 5.73 Å². The number of anilines is 1. The molecule has 0 spiro atoms. The summed E-state index contributed by atoms with van der Waals surface area (Å²) >= 11 is 5.89. The Morgan fingerprint density at radius 3 is 2.15 bits per heavy atom. The molecule has 0 saturated carbocycles. The Balaban J connectivity index is 0.00000261. The molecule has 1 saturated heterocycles. The summed E-state index contributed by atoms with van der Waals surface area (Å²) in [7, 11) is 0. The number of nitrogens with zero attached hydrogens (tertiary/aromatic N) is 2. The summed E-state index contributed by atoms with van der Waals surface area (Å²) in [5.41, 5.74) is 8.55. The summed E-state index contributed by atoms with van der Waals surface area (Å²) in [5.74, 6) is -0.0632. The van der Waals surface area contributed by atoms with Crippen LogP contribution in [-0.4, -0.2) is 47.8 Å². The van der Waals surface area contributed by atoms with Crippen LogP contribution in [-0.2, 0) is 0 Å². The number of nitrogen functional groups attached to an aromatic ring is 1. The third-order valence-corrected chi connectivity index (χ3v) is 4.91. The van der Waals surface area contributed by atoms with Crippen LogP contribution in [0.2, 0.25) is 5.02 Å². The van der Waals surface area contributed by atoms with Gasteiger partial charge in [0.25, 0.3) is 11.8 Å². The first-order valence-corrected chi connectivity index (χ1v) is 9.04. The lowest BCUT2D eigenvalue weighted by atomic mass is 10.1. The maximum absolute atomic E-state index is 12.9. The molecule has 0 atom stereocenters. The number of rotatable bonds is 2. The van der Waals surface area contributed by atoms with E-state index in [4.69, 9.17) is 17.3 Å². The smallest absolute Gasteiger partial charge is 0.254 e. The highest BCUT2D eigenvalue weighted by molar-refractivity contribution is 6.30. The average Bonchev–Trinajstić information content (AvgIpc) is 2.89. The van der Waals surface area contributed by atoms with E-state index in [1.807, 2.05) is 13.0 Å². The van der Waals surface area contributed by atoms with Crippen molar-refractivity contribution in [1.82, 2.24) is 9.80 Å². The van der Waals surface area contributed by atoms with Gasteiger partial charge in [-0.1, -0.05) is 17.7 Å². The number of benzene rings is 2. The molecule has 0 radical (unpaired) electrons. The minimum atomic E-state index is -0.0319. The second kappa shape index (κ2) is 9.11. The molecular formula is C20H23Cl2N3O2. The lowest BCUT2D eigenvalue weighted by molar-refractivity contribution is 0.0718. The van der Waals surface area contributed by atoms with Crippen molar-refractivity contribution in [2.75, 3.05) is 31.9 Å². The largest absolute Gasteiger partial charge is 0.399 e. The zero-order valence-electron chi connectivity index (χ0n) is 15.2. The lowest BCUT2D eigenvalue weighted by Gasteiger charge is -2.23. The van der Waals surface area contributed by atoms with Gasteiger partial charge >= 0.3 is 0 Å². The topological polar surface area (TPSA) is 66.6 Å². The maximum Gasteiger partial charge on any atom is 0.254 e. The van der Waals surface area contributed by atoms with Crippen LogP contribution >= 0.6 is 24.0 Å². The van der Waals surface area contributed by atoms with Gasteiger partial charge in [0.2, 0.25) is 0 Å². The van der Waals surface area contributed by atoms with Crippen LogP contribution in [0.25, 0.3) is 0 Å². The van der Waals surface area contributed by atoms with Crippen molar-refractivity contribution in [3.63, 3.8) is 0 Å². The summed E-state index contributed by atoms with van der Waals surface area (Å²) in [6.07, 6.45) is 0.742. The van der Waals surface area contributed by atoms with E-state index in [-0.39, 0.29) is 24.2 Å². The fraction of sp³-hybridized carbons (Fsp3) is 0.300. The highest BCUT2D eigenvalue weighted by Gasteiger charge is 2.24. The zero-order chi connectivity index (χ0) is 18.7. The fourth-order valence-corrected chi connectivity index (χ4v) is 3.27. The Morgan fingerprint density at radius 2 is 1.52 bits per heavy atom. The van der Waals surface area contributed by atoms with E-state index < -0.39 is 0 Å². The maximum atomic E-state index is 12.9. The molecule has 0 aliphatic carbocycles. The van der Waals surface area contributed by atoms with Gasteiger partial charge < -0.3 is 15.5 Å². The van der Waals surface area contributed by atoms with Crippen LogP contribution in [0.5, 0.6) is 0 Å². The highest BCUT2D eigenvalue weighted by Crippen LogP contribution is 2.18. The van der Waals surface area contributed by atoms with E-state index in [0.717, 1.165) is 12.0 Å². The van der Waals surface area contributed by atoms with Gasteiger partial charge in [-0.25, -0.2) is 0 Å². The van der Waals surface area contributed by atoms with Gasteiger partial charge in [0.15, 0.2) is 0 Å². The number of hydrogen-bond acceptors (Lipinski definition) is 3. The van der Waals surface area contributed by atoms with Crippen LogP contribution in [0.1, 0.15) is 32.7 Å². The van der Waals surface area contributed by atoms with Crippen molar-refractivity contribution in [1.29, 1.82) is 0 Å². The quantitative estimate of drug-likeness (QED) is 0.772. The van der Waals surface area contributed by atoms with Crippen molar-refractivity contribution in [2.45, 2.75) is 13.3 Å². The Kier molecular flexibility index (Phi) is 7.11. The number of hydrogen-bond donors (Lipinski definition) is 1. The van der Waals surface area contributed by atoms with Gasteiger partial charge in [0.05, 0.1) is 0 Å². The molecule has 1 heterocycles. The minimum absolute atomic E-state index is 0. The van der Waals surface area contributed by atoms with Crippen LogP contribution in [0.3, 0.4) is 0 Å². The van der Waals surface area contributed by atoms with Crippen molar-refractivity contribution < 1.29 is 9.59 Å². The van der Waals surface area contributed by atoms with E-state index in [1.165, 1.54) is 0 Å². The van der Waals surface area contributed by atoms with E-state index in [2.05, 4.69) is 0 Å². The second-order valence-electron chi connectivity index (χ2n) is 6.52. The molecular weight excluding hydrogens is 385 g/mol. The molecule has 1 fully saturated rings. The minimum Gasteiger partial charge on any atom is -0.399 e. The highest BCUT2D eigenvalue weighted by atomic mass is 35.5. The van der Waals surface area contributed by atoms with Crippen molar-refractivity contribution in [3.05, 3.63) is 64.2 Å². The lowest BCUT2D eigenvalue weighted by Crippen LogP contribution is -2.37. The first kappa shape index (κ1) is 21.1. The number of halogens is 2. The molecule has 0 bridgehead atoms. The number of carbonyl (C=O) groups is 2. The van der Waals surface area contributed by atoms with E-state index in [9.17, 15) is 9.59 Å². The first-order valence-electron chi connectivity index (χ1n) is 8.66. The summed E-state index contributed by atoms with van der Waals surface area (Å²) in [4.78, 5) is 29.1. The monoisotopic (exact) mass is 407 g/mol. The van der Waals surface area contributed by atoms with E-state index in [0.29, 0.717) is 48.0 Å². The third-order valence-electron chi connectivity index (χ3n) is 4.65. The molecule has 0 unspecified atom stereocenters. The van der Waals surface area contributed by atoms with Gasteiger partial charge in [-0.3, -0.25) is 9.59 Å². The Hall–Kier alpha value is -2.24. The van der Waals surface area contributed by atoms with Gasteiger partial charge in [-0.05, 0) is 55.3 Å². The van der Waals surface area contributed by atoms with E-state index in [1.54, 1.807) is 46.2 Å². The number of nitrogens with two attached hydrogens (primary N) is 1. The number of aryl methyl sites for hydroxylation is 1. The molecule has 2 amide bonds. The Bertz CT molecular complexity index is 824. The molecule has 0 aromatic heterocycles. The summed E-state index contributed by atoms with van der Waals surface area (Å²) in [6.45, 7) is 4.17. The third kappa shape index (κ3) is 4.93. The van der Waals surface area contributed by atoms with Gasteiger partial charge in [-0.2, -0.15) is 0 Å². The zero-order valence-corrected chi connectivity index (χ0v) is 16.7. The molecule has 5 nitrogen and oxygen atoms in total. The summed E-state index contributed by atoms with van der Waals surface area (Å²) in [5, 5.41) is 0.603. The molecule has 7 heteroatoms. The number of carbonyl (C=O) groups excluding carboxylic acids is 2. The number of amides is 2. The van der Waals surface area contributed by atoms with Crippen molar-refractivity contribution >= 4 is 41.5 Å². The summed E-state index contributed by atoms with van der Waals surface area (Å²) < 4.78 is 0. The van der Waals surface area contributed by atoms with Crippen molar-refractivity contribution in [2.24, 2.45) is 0 Å². The average molecular weight is 408 g/mol. The molecule has 3 rings (SSSR count). The standard InChI is InChI=1S/C20H22ClN3O2.ClH/c1-14-3-8-17(22)13-18(14)20(26)24-10-2-9-23(11-12-24)19(25)15-4-6-16(21)7-5-15;/h3-8,13H,2,9-12,22H2,1H3;1H. The molecule has 1 aliphatic rings.